The first-order chi connectivity index (χ1) is 17.6. The number of hydrogen-bond donors (Lipinski definition) is 5. The molecule has 0 aliphatic carbocycles. The van der Waals surface area contributed by atoms with Crippen LogP contribution >= 0.6 is 17.2 Å². The maximum absolute atomic E-state index is 13.3. The largest absolute Gasteiger partial charge is 0.387 e. The van der Waals surface area contributed by atoms with Gasteiger partial charge in [0.15, 0.2) is 6.23 Å². The third-order valence-corrected chi connectivity index (χ3v) is 7.03. The van der Waals surface area contributed by atoms with Crippen molar-refractivity contribution in [3.63, 3.8) is 0 Å². The average molecular weight is 557 g/mol. The quantitative estimate of drug-likeness (QED) is 0.229. The molecule has 16 heteroatoms. The molecule has 5 N–H and O–H groups in total. The fourth-order valence-electron chi connectivity index (χ4n) is 3.74. The van der Waals surface area contributed by atoms with E-state index in [-0.39, 0.29) is 12.4 Å². The van der Waals surface area contributed by atoms with Crippen LogP contribution in [0.5, 0.6) is 0 Å². The van der Waals surface area contributed by atoms with Crippen molar-refractivity contribution < 1.29 is 42.9 Å². The van der Waals surface area contributed by atoms with Gasteiger partial charge in [0, 0.05) is 18.5 Å². The van der Waals surface area contributed by atoms with Gasteiger partial charge in [-0.3, -0.25) is 18.9 Å². The van der Waals surface area contributed by atoms with E-state index in [4.69, 9.17) is 19.0 Å². The summed E-state index contributed by atoms with van der Waals surface area (Å²) in [6.45, 7) is -0.725. The topological polar surface area (TPSA) is 186 Å². The predicted molar refractivity (Wildman–Crippen MR) is 127 cm³/mol. The molecule has 1 fully saturated rings. The minimum Gasteiger partial charge on any atom is -0.387 e. The van der Waals surface area contributed by atoms with Crippen molar-refractivity contribution in [3.8, 4) is 11.1 Å². The zero-order valence-corrected chi connectivity index (χ0v) is 20.6. The second-order valence-electron chi connectivity index (χ2n) is 7.89. The number of aliphatic hydroxyl groups is 2. The summed E-state index contributed by atoms with van der Waals surface area (Å²) in [5, 5.41) is 20.8. The van der Waals surface area contributed by atoms with Crippen molar-refractivity contribution >= 4 is 17.2 Å². The van der Waals surface area contributed by atoms with E-state index >= 15 is 0 Å². The van der Waals surface area contributed by atoms with E-state index < -0.39 is 59.6 Å². The van der Waals surface area contributed by atoms with Crippen molar-refractivity contribution in [3.05, 3.63) is 87.2 Å². The lowest BCUT2D eigenvalue weighted by atomic mass is 10.1. The van der Waals surface area contributed by atoms with E-state index in [1.54, 1.807) is 24.3 Å². The van der Waals surface area contributed by atoms with E-state index in [9.17, 15) is 29.1 Å². The van der Waals surface area contributed by atoms with Gasteiger partial charge in [-0.05, 0) is 35.4 Å². The number of halogens is 1. The summed E-state index contributed by atoms with van der Waals surface area (Å²) in [6.07, 6.45) is -3.16. The van der Waals surface area contributed by atoms with Gasteiger partial charge in [-0.2, -0.15) is 0 Å². The van der Waals surface area contributed by atoms with Crippen LogP contribution in [0.3, 0.4) is 0 Å². The second kappa shape index (κ2) is 11.9. The fourth-order valence-corrected chi connectivity index (χ4v) is 4.70. The number of aliphatic hydroxyl groups excluding tert-OH is 2. The van der Waals surface area contributed by atoms with Crippen LogP contribution in [0.15, 0.2) is 64.4 Å². The monoisotopic (exact) mass is 557 g/mol. The number of pyridine rings is 1. The average Bonchev–Trinajstić information content (AvgIpc) is 3.14. The van der Waals surface area contributed by atoms with Crippen LogP contribution < -0.4 is 11.2 Å². The standard InChI is InChI=1S/C21H22FN3O10P2/c22-14-3-1-12(2-4-14)13-5-7-23-15(9-13)10-25-17(26)6-8-24(21(25)29)20-19(28)18(27)16(34-20)11-33-37(32)35-36(30)31/h1-9,16,18-20,27-28,30-32H,10-11H2. The molecule has 2 aromatic heterocycles. The van der Waals surface area contributed by atoms with Crippen LogP contribution in [0.2, 0.25) is 0 Å². The summed E-state index contributed by atoms with van der Waals surface area (Å²) in [5.74, 6) is -0.389. The van der Waals surface area contributed by atoms with E-state index in [2.05, 4.69) is 9.29 Å². The van der Waals surface area contributed by atoms with Gasteiger partial charge in [-0.1, -0.05) is 12.1 Å². The Labute approximate surface area is 210 Å². The highest BCUT2D eigenvalue weighted by atomic mass is 31.2. The Hall–Kier alpha value is -2.48. The molecule has 0 radical (unpaired) electrons. The fraction of sp³-hybridized carbons (Fsp3) is 0.286. The van der Waals surface area contributed by atoms with Crippen LogP contribution in [0, 0.1) is 5.82 Å². The summed E-state index contributed by atoms with van der Waals surface area (Å²) >= 11 is 0. The first-order valence-electron chi connectivity index (χ1n) is 10.7. The lowest BCUT2D eigenvalue weighted by Gasteiger charge is -2.19. The van der Waals surface area contributed by atoms with Gasteiger partial charge in [0.05, 0.1) is 18.8 Å². The molecular formula is C21H22FN3O10P2. The maximum Gasteiger partial charge on any atom is 0.337 e. The molecule has 4 rings (SSSR count). The number of benzene rings is 1. The van der Waals surface area contributed by atoms with Gasteiger partial charge in [0.2, 0.25) is 0 Å². The van der Waals surface area contributed by atoms with E-state index in [1.165, 1.54) is 18.3 Å². The summed E-state index contributed by atoms with van der Waals surface area (Å²) in [6, 6.07) is 10.2. The number of ether oxygens (including phenoxy) is 1. The highest BCUT2D eigenvalue weighted by Gasteiger charge is 2.44. The minimum absolute atomic E-state index is 0.219. The van der Waals surface area contributed by atoms with Crippen molar-refractivity contribution in [1.82, 2.24) is 14.1 Å². The van der Waals surface area contributed by atoms with Crippen LogP contribution in [0.1, 0.15) is 11.9 Å². The third-order valence-electron chi connectivity index (χ3n) is 5.51. The molecule has 5 unspecified atom stereocenters. The van der Waals surface area contributed by atoms with Gasteiger partial charge in [-0.25, -0.2) is 13.5 Å². The number of nitrogens with zero attached hydrogens (tertiary/aromatic N) is 3. The summed E-state index contributed by atoms with van der Waals surface area (Å²) in [7, 11) is -5.56. The first-order valence-corrected chi connectivity index (χ1v) is 13.0. The molecule has 0 bridgehead atoms. The van der Waals surface area contributed by atoms with Gasteiger partial charge in [-0.15, -0.1) is 0 Å². The SMILES string of the molecule is O=c1ccn(C2OC(COP(O)OP(O)O)C(O)C2O)c(=O)n1Cc1cc(-c2ccc(F)cc2)ccn1. The zero-order valence-electron chi connectivity index (χ0n) is 18.8. The maximum atomic E-state index is 13.3. The number of rotatable bonds is 9. The van der Waals surface area contributed by atoms with Crippen LogP contribution in [-0.2, 0) is 20.1 Å². The van der Waals surface area contributed by atoms with Crippen molar-refractivity contribution in [2.24, 2.45) is 0 Å². The minimum atomic E-state index is -2.87. The molecule has 0 saturated carbocycles. The Kier molecular flexibility index (Phi) is 8.88. The molecule has 3 heterocycles. The van der Waals surface area contributed by atoms with Crippen LogP contribution in [0.4, 0.5) is 4.39 Å². The molecule has 3 aromatic rings. The Bertz CT molecular complexity index is 1340. The number of hydrogen-bond acceptors (Lipinski definition) is 11. The van der Waals surface area contributed by atoms with E-state index in [1.807, 2.05) is 0 Å². The molecule has 0 spiro atoms. The normalized spacial score (nSPS) is 22.5. The first kappa shape index (κ1) is 27.6. The molecule has 1 aliphatic heterocycles. The molecule has 1 saturated heterocycles. The summed E-state index contributed by atoms with van der Waals surface area (Å²) < 4.78 is 29.8. The van der Waals surface area contributed by atoms with Crippen LogP contribution in [0.25, 0.3) is 11.1 Å². The van der Waals surface area contributed by atoms with Crippen LogP contribution in [-0.4, -0.2) is 63.9 Å². The lowest BCUT2D eigenvalue weighted by molar-refractivity contribution is -0.0530. The van der Waals surface area contributed by atoms with Gasteiger partial charge in [0.1, 0.15) is 24.1 Å². The van der Waals surface area contributed by atoms with Crippen molar-refractivity contribution in [2.75, 3.05) is 6.61 Å². The Morgan fingerprint density at radius 1 is 1.03 bits per heavy atom. The summed E-state index contributed by atoms with van der Waals surface area (Å²) in [5.41, 5.74) is 0.271. The number of aromatic nitrogens is 3. The summed E-state index contributed by atoms with van der Waals surface area (Å²) in [4.78, 5) is 56.8. The Morgan fingerprint density at radius 3 is 2.46 bits per heavy atom. The van der Waals surface area contributed by atoms with Gasteiger partial charge in [0.25, 0.3) is 5.56 Å². The molecular weight excluding hydrogens is 535 g/mol. The molecule has 5 atom stereocenters. The highest BCUT2D eigenvalue weighted by Crippen LogP contribution is 2.46. The van der Waals surface area contributed by atoms with E-state index in [0.29, 0.717) is 16.8 Å². The lowest BCUT2D eigenvalue weighted by Crippen LogP contribution is -2.43. The Balaban J connectivity index is 1.54. The molecule has 1 aromatic carbocycles. The van der Waals surface area contributed by atoms with Gasteiger partial charge >= 0.3 is 22.9 Å². The van der Waals surface area contributed by atoms with Gasteiger partial charge < -0.3 is 34.2 Å². The molecule has 1 aliphatic rings. The van der Waals surface area contributed by atoms with Crippen molar-refractivity contribution in [1.29, 1.82) is 0 Å². The predicted octanol–water partition coefficient (Wildman–Crippen LogP) is 0.342. The molecule has 37 heavy (non-hydrogen) atoms. The highest BCUT2D eigenvalue weighted by molar-refractivity contribution is 7.54. The Morgan fingerprint density at radius 2 is 1.76 bits per heavy atom. The third kappa shape index (κ3) is 6.51. The smallest absolute Gasteiger partial charge is 0.337 e. The molecule has 13 nitrogen and oxygen atoms in total. The zero-order chi connectivity index (χ0) is 26.7. The molecule has 198 valence electrons. The van der Waals surface area contributed by atoms with Crippen molar-refractivity contribution in [2.45, 2.75) is 31.1 Å². The van der Waals surface area contributed by atoms with E-state index in [0.717, 1.165) is 21.4 Å². The second-order valence-corrected chi connectivity index (χ2v) is 9.78. The molecule has 0 amide bonds.